The van der Waals surface area contributed by atoms with Crippen LogP contribution in [0.15, 0.2) is 48.9 Å². The van der Waals surface area contributed by atoms with Crippen molar-refractivity contribution in [3.8, 4) is 11.1 Å². The quantitative estimate of drug-likeness (QED) is 0.288. The number of carbonyl (C=O) groups excluding carboxylic acids is 1. The SMILES string of the molecule is CNc1ncnn2c(CN3CCS(=O)(=O)CC3)cc(-c3ccc(NC(=O)Nc4cc(C(F)(F)F)ccn4)c(F)c3)c12. The Labute approximate surface area is 231 Å². The van der Waals surface area contributed by atoms with Crippen LogP contribution in [0.1, 0.15) is 11.3 Å². The van der Waals surface area contributed by atoms with Crippen LogP contribution in [-0.2, 0) is 22.6 Å². The number of hydrogen-bond acceptors (Lipinski definition) is 8. The number of hydrogen-bond donors (Lipinski definition) is 3. The minimum atomic E-state index is -4.62. The average Bonchev–Trinajstić information content (AvgIpc) is 3.29. The van der Waals surface area contributed by atoms with E-state index >= 15 is 4.39 Å². The topological polar surface area (TPSA) is 134 Å². The summed E-state index contributed by atoms with van der Waals surface area (Å²) >= 11 is 0. The number of amides is 2. The van der Waals surface area contributed by atoms with Crippen molar-refractivity contribution >= 4 is 38.7 Å². The Bertz CT molecular complexity index is 1710. The number of nitrogens with zero attached hydrogens (tertiary/aromatic N) is 5. The lowest BCUT2D eigenvalue weighted by molar-refractivity contribution is -0.137. The Hall–Kier alpha value is -4.31. The van der Waals surface area contributed by atoms with Crippen LogP contribution in [0.3, 0.4) is 0 Å². The number of halogens is 4. The van der Waals surface area contributed by atoms with E-state index in [4.69, 9.17) is 0 Å². The zero-order valence-corrected chi connectivity index (χ0v) is 22.4. The molecule has 16 heteroatoms. The minimum absolute atomic E-state index is 0.0665. The van der Waals surface area contributed by atoms with Crippen molar-refractivity contribution in [3.63, 3.8) is 0 Å². The number of anilines is 3. The Morgan fingerprint density at radius 2 is 1.80 bits per heavy atom. The standard InChI is InChI=1S/C25H24F4N8O3S/c1-30-23-22-18(12-17(37(22)33-14-32-23)13-36-6-8-41(39,40)9-7-36)15-2-3-20(19(26)10-15)34-24(38)35-21-11-16(4-5-31-21)25(27,28)29/h2-5,10-12,14H,6-9,13H2,1H3,(H,30,32,33)(H2,31,34,35,38). The molecule has 0 atom stereocenters. The van der Waals surface area contributed by atoms with Gasteiger partial charge in [0.2, 0.25) is 0 Å². The fraction of sp³-hybridized carbons (Fsp3) is 0.280. The number of sulfone groups is 1. The Morgan fingerprint density at radius 3 is 2.49 bits per heavy atom. The highest BCUT2D eigenvalue weighted by Crippen LogP contribution is 2.34. The van der Waals surface area contributed by atoms with E-state index in [2.05, 4.69) is 31.0 Å². The van der Waals surface area contributed by atoms with Crippen LogP contribution in [0.4, 0.5) is 39.7 Å². The highest BCUT2D eigenvalue weighted by Gasteiger charge is 2.31. The number of nitrogens with one attached hydrogen (secondary N) is 3. The van der Waals surface area contributed by atoms with Gasteiger partial charge in [-0.15, -0.1) is 0 Å². The molecule has 41 heavy (non-hydrogen) atoms. The summed E-state index contributed by atoms with van der Waals surface area (Å²) in [7, 11) is -1.37. The molecule has 0 aliphatic carbocycles. The number of carbonyl (C=O) groups is 1. The van der Waals surface area contributed by atoms with Crippen molar-refractivity contribution in [1.82, 2.24) is 24.5 Å². The lowest BCUT2D eigenvalue weighted by atomic mass is 10.1. The van der Waals surface area contributed by atoms with E-state index in [9.17, 15) is 26.4 Å². The number of aromatic nitrogens is 4. The predicted molar refractivity (Wildman–Crippen MR) is 144 cm³/mol. The van der Waals surface area contributed by atoms with Crippen LogP contribution in [0, 0.1) is 5.82 Å². The van der Waals surface area contributed by atoms with E-state index in [0.717, 1.165) is 18.0 Å². The van der Waals surface area contributed by atoms with Gasteiger partial charge in [-0.05, 0) is 35.9 Å². The van der Waals surface area contributed by atoms with Gasteiger partial charge in [0.05, 0.1) is 28.5 Å². The van der Waals surface area contributed by atoms with Crippen LogP contribution in [0.2, 0.25) is 0 Å². The Kier molecular flexibility index (Phi) is 7.52. The summed E-state index contributed by atoms with van der Waals surface area (Å²) in [4.78, 5) is 22.3. The summed E-state index contributed by atoms with van der Waals surface area (Å²) < 4.78 is 79.3. The van der Waals surface area contributed by atoms with Gasteiger partial charge in [0, 0.05) is 38.4 Å². The summed E-state index contributed by atoms with van der Waals surface area (Å²) in [6.07, 6.45) is -2.34. The summed E-state index contributed by atoms with van der Waals surface area (Å²) in [5.41, 5.74) is 1.16. The van der Waals surface area contributed by atoms with Crippen molar-refractivity contribution in [2.45, 2.75) is 12.7 Å². The molecule has 3 N–H and O–H groups in total. The van der Waals surface area contributed by atoms with Crippen LogP contribution in [0.5, 0.6) is 0 Å². The first-order valence-corrected chi connectivity index (χ1v) is 14.1. The zero-order chi connectivity index (χ0) is 29.4. The molecule has 1 aliphatic rings. The average molecular weight is 593 g/mol. The zero-order valence-electron chi connectivity index (χ0n) is 21.5. The van der Waals surface area contributed by atoms with Gasteiger partial charge in [0.25, 0.3) is 0 Å². The van der Waals surface area contributed by atoms with E-state index < -0.39 is 33.4 Å². The molecule has 1 fully saturated rings. The number of urea groups is 1. The van der Waals surface area contributed by atoms with E-state index in [0.29, 0.717) is 48.2 Å². The predicted octanol–water partition coefficient (Wildman–Crippen LogP) is 3.87. The van der Waals surface area contributed by atoms with E-state index in [1.165, 1.54) is 18.5 Å². The lowest BCUT2D eigenvalue weighted by Gasteiger charge is -2.26. The first-order chi connectivity index (χ1) is 19.4. The van der Waals surface area contributed by atoms with E-state index in [1.54, 1.807) is 17.6 Å². The van der Waals surface area contributed by atoms with Crippen molar-refractivity contribution in [2.75, 3.05) is 47.6 Å². The fourth-order valence-corrected chi connectivity index (χ4v) is 5.77. The maximum atomic E-state index is 15.2. The number of alkyl halides is 3. The first-order valence-electron chi connectivity index (χ1n) is 12.3. The number of benzene rings is 1. The molecule has 1 saturated heterocycles. The molecule has 1 aromatic carbocycles. The largest absolute Gasteiger partial charge is 0.416 e. The van der Waals surface area contributed by atoms with Crippen molar-refractivity contribution < 1.29 is 30.8 Å². The molecule has 1 aliphatic heterocycles. The third-order valence-corrected chi connectivity index (χ3v) is 8.15. The maximum absolute atomic E-state index is 15.2. The lowest BCUT2D eigenvalue weighted by Crippen LogP contribution is -2.39. The van der Waals surface area contributed by atoms with Gasteiger partial charge in [-0.25, -0.2) is 32.1 Å². The molecule has 0 spiro atoms. The normalized spacial score (nSPS) is 15.5. The molecule has 0 bridgehead atoms. The molecule has 0 unspecified atom stereocenters. The molecule has 0 saturated carbocycles. The molecule has 5 rings (SSSR count). The van der Waals surface area contributed by atoms with E-state index in [-0.39, 0.29) is 23.0 Å². The van der Waals surface area contributed by atoms with Gasteiger partial charge in [-0.3, -0.25) is 10.2 Å². The second-order valence-corrected chi connectivity index (χ2v) is 11.6. The van der Waals surface area contributed by atoms with E-state index in [1.807, 2.05) is 11.0 Å². The molecule has 11 nitrogen and oxygen atoms in total. The monoisotopic (exact) mass is 592 g/mol. The highest BCUT2D eigenvalue weighted by atomic mass is 32.2. The van der Waals surface area contributed by atoms with Crippen LogP contribution >= 0.6 is 0 Å². The van der Waals surface area contributed by atoms with Crippen molar-refractivity contribution in [2.24, 2.45) is 0 Å². The number of pyridine rings is 1. The third-order valence-electron chi connectivity index (χ3n) is 6.54. The van der Waals surface area contributed by atoms with Gasteiger partial charge in [0.1, 0.15) is 23.5 Å². The second-order valence-electron chi connectivity index (χ2n) is 9.30. The number of fused-ring (bicyclic) bond motifs is 1. The summed E-state index contributed by atoms with van der Waals surface area (Å²) in [5, 5.41) is 11.8. The molecule has 4 heterocycles. The van der Waals surface area contributed by atoms with Gasteiger partial charge in [0.15, 0.2) is 15.7 Å². The van der Waals surface area contributed by atoms with Gasteiger partial charge in [-0.1, -0.05) is 6.07 Å². The Morgan fingerprint density at radius 1 is 1.05 bits per heavy atom. The summed E-state index contributed by atoms with van der Waals surface area (Å²) in [5.74, 6) is -0.528. The third kappa shape index (κ3) is 6.22. The smallest absolute Gasteiger partial charge is 0.371 e. The molecule has 3 aromatic heterocycles. The Balaban J connectivity index is 1.39. The number of rotatable bonds is 6. The molecule has 216 valence electrons. The van der Waals surface area contributed by atoms with Crippen LogP contribution in [0.25, 0.3) is 16.6 Å². The van der Waals surface area contributed by atoms with Crippen LogP contribution in [-0.4, -0.2) is 70.6 Å². The van der Waals surface area contributed by atoms with Gasteiger partial charge < -0.3 is 10.6 Å². The van der Waals surface area contributed by atoms with Crippen LogP contribution < -0.4 is 16.0 Å². The molecule has 2 amide bonds. The maximum Gasteiger partial charge on any atom is 0.416 e. The molecular formula is C25H24F4N8O3S. The second kappa shape index (κ2) is 10.9. The van der Waals surface area contributed by atoms with Gasteiger partial charge >= 0.3 is 12.2 Å². The molecular weight excluding hydrogens is 568 g/mol. The highest BCUT2D eigenvalue weighted by molar-refractivity contribution is 7.91. The molecule has 0 radical (unpaired) electrons. The summed E-state index contributed by atoms with van der Waals surface area (Å²) in [6, 6.07) is 6.37. The first kappa shape index (κ1) is 28.2. The fourth-order valence-electron chi connectivity index (χ4n) is 4.49. The van der Waals surface area contributed by atoms with Crippen molar-refractivity contribution in [3.05, 3.63) is 66.0 Å². The van der Waals surface area contributed by atoms with Gasteiger partial charge in [-0.2, -0.15) is 18.3 Å². The summed E-state index contributed by atoms with van der Waals surface area (Å²) in [6.45, 7) is 1.16. The molecule has 4 aromatic rings. The minimum Gasteiger partial charge on any atom is -0.371 e. The van der Waals surface area contributed by atoms with Crippen molar-refractivity contribution in [1.29, 1.82) is 0 Å².